The molecule has 5 nitrogen and oxygen atoms in total. The van der Waals surface area contributed by atoms with E-state index in [9.17, 15) is 4.79 Å². The van der Waals surface area contributed by atoms with Crippen molar-refractivity contribution in [2.75, 3.05) is 38.1 Å². The van der Waals surface area contributed by atoms with Crippen LogP contribution in [0.2, 0.25) is 0 Å². The van der Waals surface area contributed by atoms with E-state index in [0.29, 0.717) is 0 Å². The molecule has 2 rings (SSSR count). The normalized spacial score (nSPS) is 16.6. The summed E-state index contributed by atoms with van der Waals surface area (Å²) in [5, 5.41) is 5.66. The van der Waals surface area contributed by atoms with E-state index >= 15 is 0 Å². The maximum absolute atomic E-state index is 11.3. The summed E-state index contributed by atoms with van der Waals surface area (Å²) in [5.74, 6) is 0. The summed E-state index contributed by atoms with van der Waals surface area (Å²) in [6.45, 7) is 3.25. The zero-order valence-corrected chi connectivity index (χ0v) is 9.46. The molecule has 0 atom stereocenters. The van der Waals surface area contributed by atoms with Crippen molar-refractivity contribution in [3.05, 3.63) is 11.6 Å². The van der Waals surface area contributed by atoms with Gasteiger partial charge in [-0.3, -0.25) is 0 Å². The number of urea groups is 1. The molecule has 1 N–H and O–H groups in total. The Kier molecular flexibility index (Phi) is 3.05. The number of piperazine rings is 1. The fourth-order valence-corrected chi connectivity index (χ4v) is 2.33. The molecule has 0 saturated carbocycles. The Balaban J connectivity index is 1.90. The van der Waals surface area contributed by atoms with Crippen LogP contribution in [0.4, 0.5) is 9.93 Å². The number of nitrogens with zero attached hydrogens (tertiary/aromatic N) is 3. The Morgan fingerprint density at radius 1 is 1.47 bits per heavy atom. The van der Waals surface area contributed by atoms with E-state index in [-0.39, 0.29) is 6.03 Å². The van der Waals surface area contributed by atoms with Crippen LogP contribution in [-0.4, -0.2) is 49.1 Å². The van der Waals surface area contributed by atoms with Crippen molar-refractivity contribution >= 4 is 22.5 Å². The van der Waals surface area contributed by atoms with E-state index in [4.69, 9.17) is 0 Å². The smallest absolute Gasteiger partial charge is 0.317 e. The molecule has 15 heavy (non-hydrogen) atoms. The van der Waals surface area contributed by atoms with Crippen LogP contribution in [0.25, 0.3) is 0 Å². The highest BCUT2D eigenvalue weighted by molar-refractivity contribution is 7.13. The van der Waals surface area contributed by atoms with Gasteiger partial charge in [0, 0.05) is 44.8 Å². The van der Waals surface area contributed by atoms with Crippen LogP contribution in [0.15, 0.2) is 11.6 Å². The van der Waals surface area contributed by atoms with Crippen LogP contribution < -0.4 is 10.2 Å². The van der Waals surface area contributed by atoms with Gasteiger partial charge < -0.3 is 15.1 Å². The topological polar surface area (TPSA) is 48.5 Å². The standard InChI is InChI=1S/C9H14N4OS/c1-10-8(14)12-3-5-13(6-4-12)9-11-2-7-15-9/h2,7H,3-6H2,1H3,(H,10,14). The summed E-state index contributed by atoms with van der Waals surface area (Å²) < 4.78 is 0. The van der Waals surface area contributed by atoms with E-state index in [1.54, 1.807) is 18.4 Å². The van der Waals surface area contributed by atoms with Crippen molar-refractivity contribution in [2.45, 2.75) is 0 Å². The van der Waals surface area contributed by atoms with Crippen LogP contribution >= 0.6 is 11.3 Å². The summed E-state index contributed by atoms with van der Waals surface area (Å²) >= 11 is 1.64. The first-order valence-corrected chi connectivity index (χ1v) is 5.80. The highest BCUT2D eigenvalue weighted by atomic mass is 32.1. The van der Waals surface area contributed by atoms with Gasteiger partial charge in [0.15, 0.2) is 5.13 Å². The predicted octanol–water partition coefficient (Wildman–Crippen LogP) is 0.604. The Hall–Kier alpha value is -1.30. The average Bonchev–Trinajstić information content (AvgIpc) is 2.82. The van der Waals surface area contributed by atoms with E-state index in [1.807, 2.05) is 16.5 Å². The van der Waals surface area contributed by atoms with Crippen molar-refractivity contribution in [3.63, 3.8) is 0 Å². The zero-order chi connectivity index (χ0) is 10.7. The van der Waals surface area contributed by atoms with Crippen LogP contribution in [0.5, 0.6) is 0 Å². The molecule has 1 fully saturated rings. The summed E-state index contributed by atoms with van der Waals surface area (Å²) in [6, 6.07) is 0.00814. The number of amides is 2. The molecule has 0 bridgehead atoms. The quantitative estimate of drug-likeness (QED) is 0.763. The number of rotatable bonds is 1. The van der Waals surface area contributed by atoms with E-state index in [1.165, 1.54) is 0 Å². The lowest BCUT2D eigenvalue weighted by Crippen LogP contribution is -2.51. The van der Waals surface area contributed by atoms with Crippen molar-refractivity contribution in [1.82, 2.24) is 15.2 Å². The van der Waals surface area contributed by atoms with Gasteiger partial charge in [0.1, 0.15) is 0 Å². The average molecular weight is 226 g/mol. The molecule has 1 aliphatic rings. The van der Waals surface area contributed by atoms with Gasteiger partial charge in [0.25, 0.3) is 0 Å². The van der Waals surface area contributed by atoms with Crippen LogP contribution in [-0.2, 0) is 0 Å². The third-order valence-corrected chi connectivity index (χ3v) is 3.30. The maximum atomic E-state index is 11.3. The maximum Gasteiger partial charge on any atom is 0.317 e. The van der Waals surface area contributed by atoms with E-state index < -0.39 is 0 Å². The van der Waals surface area contributed by atoms with Gasteiger partial charge in [0.05, 0.1) is 0 Å². The number of thiazole rings is 1. The third kappa shape index (κ3) is 2.20. The molecule has 1 aromatic rings. The van der Waals surface area contributed by atoms with Crippen molar-refractivity contribution < 1.29 is 4.79 Å². The highest BCUT2D eigenvalue weighted by Crippen LogP contribution is 2.18. The molecule has 1 aromatic heterocycles. The molecule has 0 aromatic carbocycles. The minimum Gasteiger partial charge on any atom is -0.345 e. The Morgan fingerprint density at radius 3 is 2.73 bits per heavy atom. The first-order chi connectivity index (χ1) is 7.31. The molecular weight excluding hydrogens is 212 g/mol. The molecule has 82 valence electrons. The molecule has 2 heterocycles. The Bertz CT molecular complexity index is 319. The number of carbonyl (C=O) groups is 1. The fraction of sp³-hybridized carbons (Fsp3) is 0.556. The van der Waals surface area contributed by atoms with Gasteiger partial charge in [-0.2, -0.15) is 0 Å². The molecule has 6 heteroatoms. The second-order valence-corrected chi connectivity index (χ2v) is 4.22. The number of hydrogen-bond acceptors (Lipinski definition) is 4. The van der Waals surface area contributed by atoms with Gasteiger partial charge in [-0.15, -0.1) is 11.3 Å². The second-order valence-electron chi connectivity index (χ2n) is 3.34. The molecule has 0 unspecified atom stereocenters. The summed E-state index contributed by atoms with van der Waals surface area (Å²) in [7, 11) is 1.66. The number of nitrogens with one attached hydrogen (secondary N) is 1. The van der Waals surface area contributed by atoms with Gasteiger partial charge >= 0.3 is 6.03 Å². The van der Waals surface area contributed by atoms with Crippen LogP contribution in [0.3, 0.4) is 0 Å². The lowest BCUT2D eigenvalue weighted by Gasteiger charge is -2.34. The summed E-state index contributed by atoms with van der Waals surface area (Å²) in [5.41, 5.74) is 0. The van der Waals surface area contributed by atoms with Crippen molar-refractivity contribution in [3.8, 4) is 0 Å². The molecular formula is C9H14N4OS. The number of anilines is 1. The molecule has 0 radical (unpaired) electrons. The number of aromatic nitrogens is 1. The zero-order valence-electron chi connectivity index (χ0n) is 8.64. The van der Waals surface area contributed by atoms with Crippen molar-refractivity contribution in [2.24, 2.45) is 0 Å². The van der Waals surface area contributed by atoms with Gasteiger partial charge in [0.2, 0.25) is 0 Å². The largest absolute Gasteiger partial charge is 0.345 e. The van der Waals surface area contributed by atoms with Crippen LogP contribution in [0.1, 0.15) is 0 Å². The Labute approximate surface area is 92.7 Å². The van der Waals surface area contributed by atoms with E-state index in [0.717, 1.165) is 31.3 Å². The molecule has 1 saturated heterocycles. The Morgan fingerprint density at radius 2 is 2.20 bits per heavy atom. The van der Waals surface area contributed by atoms with Gasteiger partial charge in [-0.05, 0) is 0 Å². The lowest BCUT2D eigenvalue weighted by atomic mass is 10.3. The second kappa shape index (κ2) is 4.48. The molecule has 1 aliphatic heterocycles. The highest BCUT2D eigenvalue weighted by Gasteiger charge is 2.21. The minimum absolute atomic E-state index is 0.00814. The van der Waals surface area contributed by atoms with Gasteiger partial charge in [-0.25, -0.2) is 9.78 Å². The first kappa shape index (κ1) is 10.2. The molecule has 0 spiro atoms. The summed E-state index contributed by atoms with van der Waals surface area (Å²) in [6.07, 6.45) is 1.81. The van der Waals surface area contributed by atoms with Crippen LogP contribution in [0, 0.1) is 0 Å². The summed E-state index contributed by atoms with van der Waals surface area (Å²) in [4.78, 5) is 19.6. The SMILES string of the molecule is CNC(=O)N1CCN(c2nccs2)CC1. The van der Waals surface area contributed by atoms with E-state index in [2.05, 4.69) is 15.2 Å². The monoisotopic (exact) mass is 226 g/mol. The lowest BCUT2D eigenvalue weighted by molar-refractivity contribution is 0.196. The molecule has 2 amide bonds. The van der Waals surface area contributed by atoms with Gasteiger partial charge in [-0.1, -0.05) is 0 Å². The first-order valence-electron chi connectivity index (χ1n) is 4.92. The fourth-order valence-electron chi connectivity index (χ4n) is 1.63. The predicted molar refractivity (Wildman–Crippen MR) is 60.4 cm³/mol. The van der Waals surface area contributed by atoms with Crippen molar-refractivity contribution in [1.29, 1.82) is 0 Å². The third-order valence-electron chi connectivity index (χ3n) is 2.47. The minimum atomic E-state index is 0.00814. The molecule has 0 aliphatic carbocycles. The number of hydrogen-bond donors (Lipinski definition) is 1. The number of carbonyl (C=O) groups excluding carboxylic acids is 1.